The van der Waals surface area contributed by atoms with E-state index in [2.05, 4.69) is 13.2 Å². The van der Waals surface area contributed by atoms with Crippen LogP contribution in [0, 0.1) is 0 Å². The monoisotopic (exact) mass is 316 g/mol. The molecular formula is C15H24O7. The lowest BCUT2D eigenvalue weighted by Gasteiger charge is -2.16. The summed E-state index contributed by atoms with van der Waals surface area (Å²) in [6.07, 6.45) is -0.597. The Morgan fingerprint density at radius 3 is 1.86 bits per heavy atom. The summed E-state index contributed by atoms with van der Waals surface area (Å²) in [6.45, 7) is 10.8. The van der Waals surface area contributed by atoms with Crippen LogP contribution in [0.4, 0.5) is 0 Å². The van der Waals surface area contributed by atoms with Crippen LogP contribution in [0.25, 0.3) is 0 Å². The Hall–Kier alpha value is -1.70. The first-order valence-electron chi connectivity index (χ1n) is 6.75. The van der Waals surface area contributed by atoms with E-state index in [1.165, 1.54) is 7.11 Å². The number of methoxy groups -OCH3 is 1. The van der Waals surface area contributed by atoms with Gasteiger partial charge in [0.1, 0.15) is 13.2 Å². The molecule has 0 bridgehead atoms. The first kappa shape index (κ1) is 20.3. The Kier molecular flexibility index (Phi) is 11.0. The molecule has 0 fully saturated rings. The maximum Gasteiger partial charge on any atom is 0.333 e. The molecule has 0 aliphatic rings. The van der Waals surface area contributed by atoms with Crippen molar-refractivity contribution in [1.29, 1.82) is 0 Å². The Balaban J connectivity index is 3.67. The van der Waals surface area contributed by atoms with Crippen LogP contribution in [0.2, 0.25) is 0 Å². The summed E-state index contributed by atoms with van der Waals surface area (Å²) in [5.74, 6) is -0.921. The molecule has 0 aromatic carbocycles. The van der Waals surface area contributed by atoms with E-state index < -0.39 is 18.2 Å². The van der Waals surface area contributed by atoms with Crippen LogP contribution in [0.1, 0.15) is 13.8 Å². The van der Waals surface area contributed by atoms with E-state index in [1.807, 2.05) is 0 Å². The summed E-state index contributed by atoms with van der Waals surface area (Å²) in [4.78, 5) is 22.2. The van der Waals surface area contributed by atoms with Crippen molar-refractivity contribution in [2.45, 2.75) is 20.1 Å². The lowest BCUT2D eigenvalue weighted by Crippen LogP contribution is -2.25. The zero-order chi connectivity index (χ0) is 17.0. The van der Waals surface area contributed by atoms with Gasteiger partial charge in [0.15, 0.2) is 6.29 Å². The molecule has 0 aliphatic carbocycles. The number of carbonyl (C=O) groups excluding carboxylic acids is 2. The van der Waals surface area contributed by atoms with Gasteiger partial charge in [-0.3, -0.25) is 0 Å². The molecule has 0 saturated carbocycles. The Morgan fingerprint density at radius 2 is 1.41 bits per heavy atom. The lowest BCUT2D eigenvalue weighted by molar-refractivity contribution is -0.170. The first-order valence-corrected chi connectivity index (χ1v) is 6.75. The van der Waals surface area contributed by atoms with Crippen molar-refractivity contribution in [2.24, 2.45) is 0 Å². The molecule has 0 N–H and O–H groups in total. The summed E-state index contributed by atoms with van der Waals surface area (Å²) < 4.78 is 25.3. The molecule has 0 saturated heterocycles. The third-order valence-corrected chi connectivity index (χ3v) is 2.29. The van der Waals surface area contributed by atoms with Gasteiger partial charge in [-0.25, -0.2) is 9.59 Å². The number of carbonyl (C=O) groups is 2. The fourth-order valence-electron chi connectivity index (χ4n) is 1.12. The van der Waals surface area contributed by atoms with Crippen molar-refractivity contribution >= 4 is 11.9 Å². The lowest BCUT2D eigenvalue weighted by atomic mass is 10.4. The number of ether oxygens (including phenoxy) is 5. The standard InChI is InChI=1S/C15H24O7/c1-11(2)14(16)21-7-6-19-10-13(18-5)20-8-9-22-15(17)12(3)4/h13H,1,3,6-10H2,2,4-5H3. The number of hydrogen-bond donors (Lipinski definition) is 0. The normalized spacial score (nSPS) is 11.6. The van der Waals surface area contributed by atoms with Gasteiger partial charge < -0.3 is 23.7 Å². The molecule has 7 nitrogen and oxygen atoms in total. The van der Waals surface area contributed by atoms with Gasteiger partial charge >= 0.3 is 11.9 Å². The average molecular weight is 316 g/mol. The number of esters is 2. The Bertz CT molecular complexity index is 389. The van der Waals surface area contributed by atoms with Crippen LogP contribution in [0.3, 0.4) is 0 Å². The van der Waals surface area contributed by atoms with Crippen LogP contribution in [-0.4, -0.2) is 58.4 Å². The molecule has 0 aromatic rings. The highest BCUT2D eigenvalue weighted by atomic mass is 16.7. The fourth-order valence-corrected chi connectivity index (χ4v) is 1.12. The third-order valence-electron chi connectivity index (χ3n) is 2.29. The summed E-state index contributed by atoms with van der Waals surface area (Å²) in [5.41, 5.74) is 0.665. The SMILES string of the molecule is C=C(C)C(=O)OCCOCC(OC)OCCOC(=O)C(=C)C. The van der Waals surface area contributed by atoms with E-state index in [0.29, 0.717) is 11.1 Å². The van der Waals surface area contributed by atoms with Crippen molar-refractivity contribution in [1.82, 2.24) is 0 Å². The first-order chi connectivity index (χ1) is 10.4. The summed E-state index contributed by atoms with van der Waals surface area (Å²) in [5, 5.41) is 0. The van der Waals surface area contributed by atoms with Gasteiger partial charge in [-0.15, -0.1) is 0 Å². The van der Waals surface area contributed by atoms with Crippen LogP contribution in [-0.2, 0) is 33.3 Å². The van der Waals surface area contributed by atoms with Crippen LogP contribution in [0.15, 0.2) is 24.3 Å². The molecule has 0 amide bonds. The summed E-state index contributed by atoms with van der Waals surface area (Å²) in [6, 6.07) is 0. The topological polar surface area (TPSA) is 80.3 Å². The van der Waals surface area contributed by atoms with Crippen LogP contribution >= 0.6 is 0 Å². The molecule has 0 spiro atoms. The molecular weight excluding hydrogens is 292 g/mol. The van der Waals surface area contributed by atoms with E-state index in [4.69, 9.17) is 23.7 Å². The highest BCUT2D eigenvalue weighted by Crippen LogP contribution is 1.97. The summed E-state index contributed by atoms with van der Waals surface area (Å²) in [7, 11) is 1.47. The van der Waals surface area contributed by atoms with Gasteiger partial charge in [-0.05, 0) is 13.8 Å². The highest BCUT2D eigenvalue weighted by molar-refractivity contribution is 5.87. The van der Waals surface area contributed by atoms with Gasteiger partial charge in [-0.2, -0.15) is 0 Å². The van der Waals surface area contributed by atoms with Crippen molar-refractivity contribution in [2.75, 3.05) is 40.1 Å². The van der Waals surface area contributed by atoms with Gasteiger partial charge in [0.25, 0.3) is 0 Å². The van der Waals surface area contributed by atoms with Crippen LogP contribution < -0.4 is 0 Å². The van der Waals surface area contributed by atoms with Gasteiger partial charge in [0.05, 0.1) is 19.8 Å². The van der Waals surface area contributed by atoms with Crippen molar-refractivity contribution < 1.29 is 33.3 Å². The second kappa shape index (κ2) is 11.9. The molecule has 0 heterocycles. The third kappa shape index (κ3) is 10.1. The minimum Gasteiger partial charge on any atom is -0.460 e. The molecule has 1 atom stereocenters. The van der Waals surface area contributed by atoms with E-state index in [0.717, 1.165) is 0 Å². The van der Waals surface area contributed by atoms with Gasteiger partial charge in [0, 0.05) is 18.3 Å². The number of rotatable bonds is 12. The fraction of sp³-hybridized carbons (Fsp3) is 0.600. The molecule has 0 aliphatic heterocycles. The minimum atomic E-state index is -0.597. The molecule has 126 valence electrons. The summed E-state index contributed by atoms with van der Waals surface area (Å²) >= 11 is 0. The van der Waals surface area contributed by atoms with Crippen LogP contribution in [0.5, 0.6) is 0 Å². The van der Waals surface area contributed by atoms with Crippen molar-refractivity contribution in [3.63, 3.8) is 0 Å². The zero-order valence-electron chi connectivity index (χ0n) is 13.4. The predicted octanol–water partition coefficient (Wildman–Crippen LogP) is 1.23. The molecule has 7 heteroatoms. The minimum absolute atomic E-state index is 0.0990. The Labute approximate surface area is 130 Å². The average Bonchev–Trinajstić information content (AvgIpc) is 2.48. The Morgan fingerprint density at radius 1 is 0.909 bits per heavy atom. The van der Waals surface area contributed by atoms with E-state index in [9.17, 15) is 9.59 Å². The van der Waals surface area contributed by atoms with E-state index in [1.54, 1.807) is 13.8 Å². The van der Waals surface area contributed by atoms with E-state index >= 15 is 0 Å². The number of hydrogen-bond acceptors (Lipinski definition) is 7. The maximum atomic E-state index is 11.1. The zero-order valence-corrected chi connectivity index (χ0v) is 13.4. The highest BCUT2D eigenvalue weighted by Gasteiger charge is 2.09. The molecule has 0 rings (SSSR count). The van der Waals surface area contributed by atoms with Gasteiger partial charge in [0.2, 0.25) is 0 Å². The molecule has 1 unspecified atom stereocenters. The van der Waals surface area contributed by atoms with Crippen molar-refractivity contribution in [3.05, 3.63) is 24.3 Å². The largest absolute Gasteiger partial charge is 0.460 e. The quantitative estimate of drug-likeness (QED) is 0.232. The van der Waals surface area contributed by atoms with E-state index in [-0.39, 0.29) is 33.0 Å². The molecule has 0 aromatic heterocycles. The van der Waals surface area contributed by atoms with Gasteiger partial charge in [-0.1, -0.05) is 13.2 Å². The second-order valence-electron chi connectivity index (χ2n) is 4.44. The second-order valence-corrected chi connectivity index (χ2v) is 4.44. The predicted molar refractivity (Wildman–Crippen MR) is 79.1 cm³/mol. The molecule has 22 heavy (non-hydrogen) atoms. The molecule has 0 radical (unpaired) electrons. The maximum absolute atomic E-state index is 11.1. The smallest absolute Gasteiger partial charge is 0.333 e. The van der Waals surface area contributed by atoms with Crippen molar-refractivity contribution in [3.8, 4) is 0 Å².